The highest BCUT2D eigenvalue weighted by Gasteiger charge is 2.30. The smallest absolute Gasteiger partial charge is 0.232 e. The van der Waals surface area contributed by atoms with Crippen LogP contribution in [0.2, 0.25) is 0 Å². The number of aromatic nitrogens is 4. The summed E-state index contributed by atoms with van der Waals surface area (Å²) in [6.45, 7) is 0. The summed E-state index contributed by atoms with van der Waals surface area (Å²) in [5.41, 5.74) is 2.67. The monoisotopic (exact) mass is 425 g/mol. The van der Waals surface area contributed by atoms with Crippen LogP contribution in [0.15, 0.2) is 30.6 Å². The van der Waals surface area contributed by atoms with E-state index in [0.717, 1.165) is 12.8 Å². The Bertz CT molecular complexity index is 1230. The van der Waals surface area contributed by atoms with Gasteiger partial charge in [-0.1, -0.05) is 12.1 Å². The quantitative estimate of drug-likeness (QED) is 0.468. The number of aromatic amines is 1. The zero-order valence-corrected chi connectivity index (χ0v) is 16.7. The highest BCUT2D eigenvalue weighted by Crippen LogP contribution is 2.31. The van der Waals surface area contributed by atoms with Gasteiger partial charge in [0.05, 0.1) is 18.1 Å². The van der Waals surface area contributed by atoms with Crippen LogP contribution in [-0.2, 0) is 14.8 Å². The number of benzene rings is 1. The lowest BCUT2D eigenvalue weighted by molar-refractivity contribution is -0.117. The first-order chi connectivity index (χ1) is 14.4. The Morgan fingerprint density at radius 1 is 1.23 bits per heavy atom. The summed E-state index contributed by atoms with van der Waals surface area (Å²) < 4.78 is 26.7. The number of H-pyrrole nitrogens is 1. The molecule has 0 spiro atoms. The van der Waals surface area contributed by atoms with Crippen LogP contribution >= 0.6 is 0 Å². The van der Waals surface area contributed by atoms with Crippen LogP contribution in [0.5, 0.6) is 0 Å². The summed E-state index contributed by atoms with van der Waals surface area (Å²) in [6, 6.07) is 8.62. The maximum absolute atomic E-state index is 12.1. The van der Waals surface area contributed by atoms with E-state index in [9.17, 15) is 13.2 Å². The molecule has 3 aromatic rings. The number of nitrogens with zero attached hydrogens (tertiary/aromatic N) is 4. The molecular formula is C19H19N7O3S. The van der Waals surface area contributed by atoms with Gasteiger partial charge in [-0.15, -0.1) is 0 Å². The van der Waals surface area contributed by atoms with E-state index in [2.05, 4.69) is 30.0 Å². The first-order valence-electron chi connectivity index (χ1n) is 9.45. The van der Waals surface area contributed by atoms with Crippen LogP contribution in [-0.4, -0.2) is 40.0 Å². The number of carbonyl (C=O) groups excluding carboxylic acids is 1. The van der Waals surface area contributed by atoms with E-state index in [0.29, 0.717) is 28.1 Å². The second kappa shape index (κ2) is 8.08. The standard InChI is InChI=1S/C19H19N7O3S/c20-9-1-2-10-30(28,29)26-14-7-5-12(6-8-14)15-16-17(22-11-21-16)24-19(23-15)25-18(27)13-3-4-13/h5-8,11,13,26H,1-4,10H2,(H2,21,22,23,24,25,27). The van der Waals surface area contributed by atoms with Gasteiger partial charge in [-0.05, 0) is 31.4 Å². The van der Waals surface area contributed by atoms with Crippen LogP contribution in [0.25, 0.3) is 22.4 Å². The van der Waals surface area contributed by atoms with E-state index in [4.69, 9.17) is 5.26 Å². The number of nitrogens with one attached hydrogen (secondary N) is 3. The molecule has 0 radical (unpaired) electrons. The zero-order chi connectivity index (χ0) is 21.1. The van der Waals surface area contributed by atoms with E-state index in [1.54, 1.807) is 24.3 Å². The van der Waals surface area contributed by atoms with Crippen LogP contribution in [0.4, 0.5) is 11.6 Å². The minimum atomic E-state index is -3.52. The maximum Gasteiger partial charge on any atom is 0.232 e. The number of hydrogen-bond acceptors (Lipinski definition) is 7. The molecule has 154 valence electrons. The summed E-state index contributed by atoms with van der Waals surface area (Å²) in [6.07, 6.45) is 3.71. The summed E-state index contributed by atoms with van der Waals surface area (Å²) in [5, 5.41) is 11.3. The van der Waals surface area contributed by atoms with Gasteiger partial charge in [0.15, 0.2) is 5.65 Å². The van der Waals surface area contributed by atoms with Crippen molar-refractivity contribution in [2.24, 2.45) is 5.92 Å². The molecule has 0 aliphatic heterocycles. The number of fused-ring (bicyclic) bond motifs is 1. The second-order valence-corrected chi connectivity index (χ2v) is 8.86. The number of rotatable bonds is 8. The van der Waals surface area contributed by atoms with Crippen LogP contribution in [0.1, 0.15) is 25.7 Å². The maximum atomic E-state index is 12.1. The minimum absolute atomic E-state index is 0.0231. The van der Waals surface area contributed by atoms with Crippen LogP contribution in [0, 0.1) is 17.2 Å². The number of imidazole rings is 1. The van der Waals surface area contributed by atoms with Gasteiger partial charge in [0.1, 0.15) is 11.2 Å². The average molecular weight is 425 g/mol. The lowest BCUT2D eigenvalue weighted by atomic mass is 10.1. The van der Waals surface area contributed by atoms with Crippen LogP contribution in [0.3, 0.4) is 0 Å². The third kappa shape index (κ3) is 4.55. The van der Waals surface area contributed by atoms with Crippen molar-refractivity contribution in [3.63, 3.8) is 0 Å². The van der Waals surface area contributed by atoms with E-state index in [-0.39, 0.29) is 36.4 Å². The molecule has 0 atom stereocenters. The largest absolute Gasteiger partial charge is 0.329 e. The molecule has 30 heavy (non-hydrogen) atoms. The molecule has 1 amide bonds. The third-order valence-electron chi connectivity index (χ3n) is 4.60. The molecule has 2 aromatic heterocycles. The van der Waals surface area contributed by atoms with Crippen molar-refractivity contribution >= 4 is 38.7 Å². The SMILES string of the molecule is N#CCCCS(=O)(=O)Nc1ccc(-c2nc(NC(=O)C3CC3)nc3[nH]cnc23)cc1. The number of carbonyl (C=O) groups is 1. The summed E-state index contributed by atoms with van der Waals surface area (Å²) in [4.78, 5) is 28.0. The molecule has 11 heteroatoms. The number of anilines is 2. The molecule has 0 bridgehead atoms. The fraction of sp³-hybridized carbons (Fsp3) is 0.316. The Balaban J connectivity index is 1.57. The third-order valence-corrected chi connectivity index (χ3v) is 5.97. The van der Waals surface area contributed by atoms with Gasteiger partial charge in [0.25, 0.3) is 0 Å². The van der Waals surface area contributed by atoms with Crippen LogP contribution < -0.4 is 10.0 Å². The fourth-order valence-electron chi connectivity index (χ4n) is 2.92. The van der Waals surface area contributed by atoms with Crippen molar-refractivity contribution in [1.82, 2.24) is 19.9 Å². The van der Waals surface area contributed by atoms with Gasteiger partial charge in [-0.25, -0.2) is 18.4 Å². The molecule has 1 saturated carbocycles. The van der Waals surface area contributed by atoms with Gasteiger partial charge < -0.3 is 4.98 Å². The van der Waals surface area contributed by atoms with E-state index in [1.807, 2.05) is 6.07 Å². The molecule has 0 unspecified atom stereocenters. The van der Waals surface area contributed by atoms with Gasteiger partial charge in [0.2, 0.25) is 21.9 Å². The lowest BCUT2D eigenvalue weighted by Crippen LogP contribution is -2.16. The first-order valence-corrected chi connectivity index (χ1v) is 11.1. The normalized spacial score (nSPS) is 13.7. The van der Waals surface area contributed by atoms with Gasteiger partial charge in [0, 0.05) is 23.6 Å². The minimum Gasteiger partial charge on any atom is -0.329 e. The van der Waals surface area contributed by atoms with Crippen molar-refractivity contribution in [3.05, 3.63) is 30.6 Å². The first kappa shape index (κ1) is 19.8. The molecule has 4 rings (SSSR count). The van der Waals surface area contributed by atoms with E-state index >= 15 is 0 Å². The fourth-order valence-corrected chi connectivity index (χ4v) is 4.04. The lowest BCUT2D eigenvalue weighted by Gasteiger charge is -2.09. The van der Waals surface area contributed by atoms with Crippen molar-refractivity contribution in [1.29, 1.82) is 5.26 Å². The second-order valence-electron chi connectivity index (χ2n) is 7.02. The van der Waals surface area contributed by atoms with E-state index in [1.165, 1.54) is 6.33 Å². The molecule has 3 N–H and O–H groups in total. The molecule has 1 aliphatic carbocycles. The number of nitriles is 1. The highest BCUT2D eigenvalue weighted by molar-refractivity contribution is 7.92. The molecule has 0 saturated heterocycles. The predicted octanol–water partition coefficient (Wildman–Crippen LogP) is 2.41. The van der Waals surface area contributed by atoms with E-state index < -0.39 is 10.0 Å². The predicted molar refractivity (Wildman–Crippen MR) is 111 cm³/mol. The summed E-state index contributed by atoms with van der Waals surface area (Å²) in [7, 11) is -3.52. The molecular weight excluding hydrogens is 406 g/mol. The van der Waals surface area contributed by atoms with Crippen molar-refractivity contribution in [2.45, 2.75) is 25.7 Å². The van der Waals surface area contributed by atoms with Crippen molar-refractivity contribution in [3.8, 4) is 17.3 Å². The molecule has 2 heterocycles. The molecule has 1 fully saturated rings. The molecule has 10 nitrogen and oxygen atoms in total. The number of amides is 1. The Morgan fingerprint density at radius 2 is 2.00 bits per heavy atom. The van der Waals surface area contributed by atoms with Gasteiger partial charge in [-0.3, -0.25) is 14.8 Å². The Kier molecular flexibility index (Phi) is 5.33. The van der Waals surface area contributed by atoms with Gasteiger partial charge in [-0.2, -0.15) is 10.2 Å². The Morgan fingerprint density at radius 3 is 2.70 bits per heavy atom. The zero-order valence-electron chi connectivity index (χ0n) is 15.9. The van der Waals surface area contributed by atoms with Gasteiger partial charge >= 0.3 is 0 Å². The highest BCUT2D eigenvalue weighted by atomic mass is 32.2. The summed E-state index contributed by atoms with van der Waals surface area (Å²) >= 11 is 0. The van der Waals surface area contributed by atoms with Crippen molar-refractivity contribution in [2.75, 3.05) is 15.8 Å². The Labute approximate surface area is 172 Å². The Hall–Kier alpha value is -3.52. The molecule has 1 aromatic carbocycles. The topological polar surface area (TPSA) is 154 Å². The van der Waals surface area contributed by atoms with Crippen molar-refractivity contribution < 1.29 is 13.2 Å². The molecule has 1 aliphatic rings. The summed E-state index contributed by atoms with van der Waals surface area (Å²) in [5.74, 6) is 0.00322. The average Bonchev–Trinajstić information content (AvgIpc) is 3.46. The number of hydrogen-bond donors (Lipinski definition) is 3. The number of unbranched alkanes of at least 4 members (excludes halogenated alkanes) is 1. The number of sulfonamides is 1.